The van der Waals surface area contributed by atoms with Crippen LogP contribution >= 0.6 is 0 Å². The van der Waals surface area contributed by atoms with Crippen molar-refractivity contribution in [1.29, 1.82) is 0 Å². The number of aryl methyl sites for hydroxylation is 2. The molecule has 0 saturated heterocycles. The van der Waals surface area contributed by atoms with E-state index in [2.05, 4.69) is 40.3 Å². The van der Waals surface area contributed by atoms with Crippen molar-refractivity contribution in [2.45, 2.75) is 45.1 Å². The van der Waals surface area contributed by atoms with Crippen LogP contribution in [-0.4, -0.2) is 34.0 Å². The fraction of sp³-hybridized carbons (Fsp3) is 0.500. The van der Waals surface area contributed by atoms with E-state index in [4.69, 9.17) is 0 Å². The van der Waals surface area contributed by atoms with E-state index in [9.17, 15) is 0 Å². The first-order chi connectivity index (χ1) is 10.4. The van der Waals surface area contributed by atoms with E-state index in [1.807, 2.05) is 18.5 Å². The van der Waals surface area contributed by atoms with Gasteiger partial charge in [-0.3, -0.25) is 4.98 Å². The number of rotatable bonds is 6. The number of likely N-dealkylation sites (N-methyl/N-ethyl adjacent to an activating group) is 1. The van der Waals surface area contributed by atoms with Crippen LogP contribution in [0.4, 0.5) is 0 Å². The minimum Gasteiger partial charge on any atom is -0.367 e. The molecule has 0 spiro atoms. The third kappa shape index (κ3) is 3.53. The molecule has 2 aromatic rings. The van der Waals surface area contributed by atoms with Crippen LogP contribution < -0.4 is 0 Å². The maximum atomic E-state index is 4.19. The summed E-state index contributed by atoms with van der Waals surface area (Å²) in [5.41, 5.74) is 4.40. The van der Waals surface area contributed by atoms with Crippen LogP contribution in [0.1, 0.15) is 36.5 Å². The lowest BCUT2D eigenvalue weighted by Crippen LogP contribution is -2.39. The highest BCUT2D eigenvalue weighted by molar-refractivity contribution is 5.27. The molecule has 0 amide bonds. The quantitative estimate of drug-likeness (QED) is 0.882. The zero-order valence-electron chi connectivity index (χ0n) is 12.9. The molecule has 0 aliphatic heterocycles. The topological polar surface area (TPSA) is 31.9 Å². The van der Waals surface area contributed by atoms with Crippen LogP contribution in [0.15, 0.2) is 36.9 Å². The molecule has 3 rings (SSSR count). The van der Waals surface area contributed by atoms with Gasteiger partial charge in [0.25, 0.3) is 0 Å². The second-order valence-electron chi connectivity index (χ2n) is 6.00. The van der Waals surface area contributed by atoms with Crippen LogP contribution in [0.5, 0.6) is 0 Å². The maximum Gasteiger partial charge on any atom is 0.0299 e. The average molecular weight is 283 g/mol. The summed E-state index contributed by atoms with van der Waals surface area (Å²) < 4.78 is 0. The third-order valence-corrected chi connectivity index (χ3v) is 4.69. The lowest BCUT2D eigenvalue weighted by atomic mass is 9.90. The molecule has 1 atom stereocenters. The second-order valence-corrected chi connectivity index (χ2v) is 6.00. The zero-order chi connectivity index (χ0) is 14.5. The largest absolute Gasteiger partial charge is 0.367 e. The first kappa shape index (κ1) is 14.3. The van der Waals surface area contributed by atoms with Gasteiger partial charge in [0.15, 0.2) is 0 Å². The Bertz CT molecular complexity index is 547. The summed E-state index contributed by atoms with van der Waals surface area (Å²) in [6, 6.07) is 4.92. The van der Waals surface area contributed by atoms with Gasteiger partial charge in [0.2, 0.25) is 0 Å². The van der Waals surface area contributed by atoms with Crippen molar-refractivity contribution in [3.63, 3.8) is 0 Å². The van der Waals surface area contributed by atoms with Crippen LogP contribution in [0.3, 0.4) is 0 Å². The van der Waals surface area contributed by atoms with E-state index < -0.39 is 0 Å². The number of fused-ring (bicyclic) bond motifs is 1. The number of hydrogen-bond donors (Lipinski definition) is 1. The minimum atomic E-state index is 0.715. The summed E-state index contributed by atoms with van der Waals surface area (Å²) >= 11 is 0. The van der Waals surface area contributed by atoms with E-state index in [0.29, 0.717) is 6.04 Å². The van der Waals surface area contributed by atoms with Gasteiger partial charge in [-0.25, -0.2) is 0 Å². The first-order valence-electron chi connectivity index (χ1n) is 8.14. The van der Waals surface area contributed by atoms with Gasteiger partial charge in [-0.15, -0.1) is 0 Å². The van der Waals surface area contributed by atoms with Crippen molar-refractivity contribution in [3.05, 3.63) is 53.6 Å². The molecular weight excluding hydrogens is 258 g/mol. The molecular formula is C18H25N3. The standard InChI is InChI=1S/C18H25N3/c1-2-21(10-4-6-15-5-3-9-19-12-15)18-8-7-16-13-20-14-17(16)11-18/h3,5,9,12-14,18,20H,2,4,6-8,10-11H2,1H3. The number of H-pyrrole nitrogens is 1. The molecule has 3 heteroatoms. The van der Waals surface area contributed by atoms with E-state index in [1.54, 1.807) is 0 Å². The lowest BCUT2D eigenvalue weighted by Gasteiger charge is -2.33. The van der Waals surface area contributed by atoms with Gasteiger partial charge >= 0.3 is 0 Å². The number of hydrogen-bond acceptors (Lipinski definition) is 2. The van der Waals surface area contributed by atoms with Gasteiger partial charge in [-0.05, 0) is 68.0 Å². The highest BCUT2D eigenvalue weighted by atomic mass is 15.1. The second kappa shape index (κ2) is 6.90. The van der Waals surface area contributed by atoms with E-state index in [-0.39, 0.29) is 0 Å². The molecule has 0 radical (unpaired) electrons. The molecule has 1 unspecified atom stereocenters. The van der Waals surface area contributed by atoms with Crippen molar-refractivity contribution < 1.29 is 0 Å². The molecule has 0 bridgehead atoms. The van der Waals surface area contributed by atoms with Crippen molar-refractivity contribution in [2.75, 3.05) is 13.1 Å². The van der Waals surface area contributed by atoms with Crippen molar-refractivity contribution in [1.82, 2.24) is 14.9 Å². The van der Waals surface area contributed by atoms with E-state index in [0.717, 1.165) is 13.0 Å². The van der Waals surface area contributed by atoms with Crippen LogP contribution in [0.25, 0.3) is 0 Å². The summed E-state index contributed by atoms with van der Waals surface area (Å²) in [5.74, 6) is 0. The number of aromatic nitrogens is 2. The number of nitrogens with zero attached hydrogens (tertiary/aromatic N) is 2. The van der Waals surface area contributed by atoms with Gasteiger partial charge in [0, 0.05) is 30.8 Å². The molecule has 112 valence electrons. The Hall–Kier alpha value is -1.61. The molecule has 1 aliphatic rings. The summed E-state index contributed by atoms with van der Waals surface area (Å²) in [7, 11) is 0. The summed E-state index contributed by atoms with van der Waals surface area (Å²) in [6.45, 7) is 4.63. The Morgan fingerprint density at radius 2 is 2.24 bits per heavy atom. The van der Waals surface area contributed by atoms with Crippen LogP contribution in [-0.2, 0) is 19.3 Å². The molecule has 0 fully saturated rings. The predicted molar refractivity (Wildman–Crippen MR) is 86.4 cm³/mol. The fourth-order valence-electron chi connectivity index (χ4n) is 3.47. The lowest BCUT2D eigenvalue weighted by molar-refractivity contribution is 0.187. The number of pyridine rings is 1. The molecule has 1 aliphatic carbocycles. The number of nitrogens with one attached hydrogen (secondary N) is 1. The van der Waals surface area contributed by atoms with Crippen molar-refractivity contribution in [3.8, 4) is 0 Å². The Labute approximate surface area is 127 Å². The molecule has 21 heavy (non-hydrogen) atoms. The normalized spacial score (nSPS) is 17.9. The molecule has 0 saturated carbocycles. The Morgan fingerprint density at radius 1 is 1.33 bits per heavy atom. The Morgan fingerprint density at radius 3 is 3.05 bits per heavy atom. The zero-order valence-corrected chi connectivity index (χ0v) is 12.9. The molecule has 0 aromatic carbocycles. The fourth-order valence-corrected chi connectivity index (χ4v) is 3.47. The minimum absolute atomic E-state index is 0.715. The van der Waals surface area contributed by atoms with Gasteiger partial charge in [0.1, 0.15) is 0 Å². The molecule has 2 aromatic heterocycles. The van der Waals surface area contributed by atoms with E-state index in [1.165, 1.54) is 48.9 Å². The molecule has 1 N–H and O–H groups in total. The van der Waals surface area contributed by atoms with Crippen LogP contribution in [0.2, 0.25) is 0 Å². The van der Waals surface area contributed by atoms with Gasteiger partial charge in [-0.1, -0.05) is 13.0 Å². The summed E-state index contributed by atoms with van der Waals surface area (Å²) in [5, 5.41) is 0. The van der Waals surface area contributed by atoms with Gasteiger partial charge < -0.3 is 9.88 Å². The van der Waals surface area contributed by atoms with Crippen molar-refractivity contribution >= 4 is 0 Å². The molecule has 3 nitrogen and oxygen atoms in total. The summed E-state index contributed by atoms with van der Waals surface area (Å²) in [6.07, 6.45) is 14.3. The number of aromatic amines is 1. The maximum absolute atomic E-state index is 4.19. The van der Waals surface area contributed by atoms with Crippen molar-refractivity contribution in [2.24, 2.45) is 0 Å². The highest BCUT2D eigenvalue weighted by Gasteiger charge is 2.23. The van der Waals surface area contributed by atoms with Crippen LogP contribution in [0, 0.1) is 0 Å². The summed E-state index contributed by atoms with van der Waals surface area (Å²) in [4.78, 5) is 10.1. The van der Waals surface area contributed by atoms with Gasteiger partial charge in [0.05, 0.1) is 0 Å². The highest BCUT2D eigenvalue weighted by Crippen LogP contribution is 2.24. The SMILES string of the molecule is CCN(CCCc1cccnc1)C1CCc2c[nH]cc2C1. The Balaban J connectivity index is 1.51. The average Bonchev–Trinajstić information content (AvgIpc) is 3.00. The van der Waals surface area contributed by atoms with Gasteiger partial charge in [-0.2, -0.15) is 0 Å². The van der Waals surface area contributed by atoms with E-state index >= 15 is 0 Å². The smallest absolute Gasteiger partial charge is 0.0299 e. The first-order valence-corrected chi connectivity index (χ1v) is 8.14. The third-order valence-electron chi connectivity index (χ3n) is 4.69. The Kier molecular flexibility index (Phi) is 4.71. The molecule has 2 heterocycles. The predicted octanol–water partition coefficient (Wildman–Crippen LogP) is 3.22. The monoisotopic (exact) mass is 283 g/mol.